The van der Waals surface area contributed by atoms with Gasteiger partial charge in [0.1, 0.15) is 5.75 Å². The first kappa shape index (κ1) is 17.6. The van der Waals surface area contributed by atoms with Crippen LogP contribution in [-0.2, 0) is 0 Å². The van der Waals surface area contributed by atoms with Crippen LogP contribution in [0.2, 0.25) is 0 Å². The zero-order valence-corrected chi connectivity index (χ0v) is 16.2. The molecule has 4 nitrogen and oxygen atoms in total. The maximum atomic E-state index is 12.3. The Morgan fingerprint density at radius 3 is 2.80 bits per heavy atom. The second-order valence-electron chi connectivity index (χ2n) is 5.37. The van der Waals surface area contributed by atoms with Crippen molar-refractivity contribution in [1.82, 2.24) is 5.43 Å². The van der Waals surface area contributed by atoms with Gasteiger partial charge in [-0.1, -0.05) is 46.3 Å². The van der Waals surface area contributed by atoms with Crippen molar-refractivity contribution < 1.29 is 9.90 Å². The van der Waals surface area contributed by atoms with Crippen molar-refractivity contribution in [3.63, 3.8) is 0 Å². The van der Waals surface area contributed by atoms with Crippen LogP contribution < -0.4 is 5.43 Å². The molecule has 0 atom stereocenters. The molecular weight excluding hydrogens is 448 g/mol. The Labute approximate surface area is 162 Å². The van der Waals surface area contributed by atoms with E-state index in [0.29, 0.717) is 15.6 Å². The molecule has 25 heavy (non-hydrogen) atoms. The minimum absolute atomic E-state index is 0.111. The number of amides is 1. The number of rotatable bonds is 3. The highest BCUT2D eigenvalue weighted by atomic mass is 79.9. The van der Waals surface area contributed by atoms with Crippen molar-refractivity contribution in [2.45, 2.75) is 6.42 Å². The third kappa shape index (κ3) is 4.08. The van der Waals surface area contributed by atoms with Gasteiger partial charge in [-0.25, -0.2) is 5.43 Å². The van der Waals surface area contributed by atoms with E-state index in [2.05, 4.69) is 42.4 Å². The molecule has 0 fully saturated rings. The number of phenolic OH excluding ortho intramolecular Hbond substituents is 1. The Morgan fingerprint density at radius 2 is 1.96 bits per heavy atom. The fourth-order valence-corrected chi connectivity index (χ4v) is 3.24. The van der Waals surface area contributed by atoms with Gasteiger partial charge in [0.15, 0.2) is 0 Å². The third-order valence-corrected chi connectivity index (χ3v) is 4.87. The van der Waals surface area contributed by atoms with Gasteiger partial charge in [-0.3, -0.25) is 4.79 Å². The lowest BCUT2D eigenvalue weighted by Gasteiger charge is -2.08. The number of fused-ring (bicyclic) bond motifs is 1. The topological polar surface area (TPSA) is 61.7 Å². The summed E-state index contributed by atoms with van der Waals surface area (Å²) in [5.74, 6) is -0.235. The van der Waals surface area contributed by atoms with Gasteiger partial charge in [0.05, 0.1) is 11.8 Å². The average Bonchev–Trinajstić information content (AvgIpc) is 2.84. The lowest BCUT2D eigenvalue weighted by atomic mass is 10.0. The van der Waals surface area contributed by atoms with Crippen molar-refractivity contribution in [3.8, 4) is 5.75 Å². The van der Waals surface area contributed by atoms with Crippen LogP contribution in [0.15, 0.2) is 56.5 Å². The van der Waals surface area contributed by atoms with E-state index in [1.54, 1.807) is 18.2 Å². The largest absolute Gasteiger partial charge is 0.507 e. The smallest absolute Gasteiger partial charge is 0.272 e. The van der Waals surface area contributed by atoms with Crippen molar-refractivity contribution in [2.24, 2.45) is 5.10 Å². The number of aromatic hydroxyl groups is 1. The summed E-state index contributed by atoms with van der Waals surface area (Å²) in [6, 6.07) is 8.79. The van der Waals surface area contributed by atoms with Gasteiger partial charge in [-0.15, -0.1) is 0 Å². The summed E-state index contributed by atoms with van der Waals surface area (Å²) in [5.41, 5.74) is 5.38. The highest BCUT2D eigenvalue weighted by Gasteiger charge is 2.11. The van der Waals surface area contributed by atoms with Crippen LogP contribution in [0.25, 0.3) is 12.2 Å². The van der Waals surface area contributed by atoms with Crippen LogP contribution in [0.1, 0.15) is 33.5 Å². The Morgan fingerprint density at radius 1 is 1.16 bits per heavy atom. The summed E-state index contributed by atoms with van der Waals surface area (Å²) >= 11 is 6.69. The molecule has 0 saturated heterocycles. The lowest BCUT2D eigenvalue weighted by Crippen LogP contribution is -2.18. The fraction of sp³-hybridized carbons (Fsp3) is 0.0526. The molecule has 0 aromatic heterocycles. The van der Waals surface area contributed by atoms with Crippen LogP contribution in [0.3, 0.4) is 0 Å². The number of phenols is 1. The summed E-state index contributed by atoms with van der Waals surface area (Å²) in [6.45, 7) is 0. The number of benzene rings is 2. The molecule has 3 rings (SSSR count). The molecule has 0 bridgehead atoms. The molecule has 1 aliphatic carbocycles. The van der Waals surface area contributed by atoms with Gasteiger partial charge in [0, 0.05) is 14.5 Å². The van der Waals surface area contributed by atoms with E-state index in [4.69, 9.17) is 0 Å². The SMILES string of the molecule is O=C(N/N=C/c1c(O)ccc2c1C=CCC=C2)c1cc(Br)ccc1Br. The number of hydrogen-bond acceptors (Lipinski definition) is 3. The number of nitrogens with zero attached hydrogens (tertiary/aromatic N) is 1. The number of halogens is 2. The minimum atomic E-state index is -0.346. The van der Waals surface area contributed by atoms with Crippen LogP contribution in [-0.4, -0.2) is 17.2 Å². The van der Waals surface area contributed by atoms with E-state index in [9.17, 15) is 9.90 Å². The van der Waals surface area contributed by atoms with E-state index >= 15 is 0 Å². The van der Waals surface area contributed by atoms with Crippen molar-refractivity contribution in [2.75, 3.05) is 0 Å². The summed E-state index contributed by atoms with van der Waals surface area (Å²) < 4.78 is 1.47. The second kappa shape index (κ2) is 7.80. The first-order valence-corrected chi connectivity index (χ1v) is 9.12. The van der Waals surface area contributed by atoms with Gasteiger partial charge in [0.2, 0.25) is 0 Å². The maximum Gasteiger partial charge on any atom is 0.272 e. The highest BCUT2D eigenvalue weighted by molar-refractivity contribution is 9.11. The predicted octanol–water partition coefficient (Wildman–Crippen LogP) is 5.11. The molecule has 126 valence electrons. The summed E-state index contributed by atoms with van der Waals surface area (Å²) in [4.78, 5) is 12.3. The molecule has 0 heterocycles. The van der Waals surface area contributed by atoms with E-state index in [0.717, 1.165) is 22.0 Å². The van der Waals surface area contributed by atoms with Crippen molar-refractivity contribution in [1.29, 1.82) is 0 Å². The zero-order valence-electron chi connectivity index (χ0n) is 13.0. The van der Waals surface area contributed by atoms with Crippen molar-refractivity contribution >= 4 is 56.1 Å². The Balaban J connectivity index is 1.85. The lowest BCUT2D eigenvalue weighted by molar-refractivity contribution is 0.0954. The van der Waals surface area contributed by atoms with Crippen LogP contribution >= 0.6 is 31.9 Å². The summed E-state index contributed by atoms with van der Waals surface area (Å²) in [7, 11) is 0. The molecule has 2 N–H and O–H groups in total. The number of nitrogens with one attached hydrogen (secondary N) is 1. The molecule has 0 spiro atoms. The number of carbonyl (C=O) groups is 1. The first-order valence-electron chi connectivity index (χ1n) is 7.54. The quantitative estimate of drug-likeness (QED) is 0.492. The number of hydrazone groups is 1. The number of carbonyl (C=O) groups excluding carboxylic acids is 1. The average molecular weight is 462 g/mol. The molecule has 1 amide bonds. The van der Waals surface area contributed by atoms with Crippen LogP contribution in [0, 0.1) is 0 Å². The molecule has 1 aliphatic rings. The molecule has 2 aromatic rings. The standard InChI is InChI=1S/C19H14Br2N2O2/c20-13-7-8-17(21)15(10-13)19(25)23-22-11-16-14-5-3-1-2-4-12(14)6-9-18(16)24/h2-11,24H,1H2,(H,23,25)/b22-11+. The number of allylic oxidation sites excluding steroid dienone is 2. The number of hydrogen-bond donors (Lipinski definition) is 2. The van der Waals surface area contributed by atoms with Crippen molar-refractivity contribution in [3.05, 3.63) is 73.7 Å². The molecule has 0 aliphatic heterocycles. The summed E-state index contributed by atoms with van der Waals surface area (Å²) in [6.07, 6.45) is 10.3. The zero-order chi connectivity index (χ0) is 17.8. The Hall–Kier alpha value is -2.18. The molecule has 6 heteroatoms. The molecule has 0 radical (unpaired) electrons. The Bertz CT molecular complexity index is 918. The van der Waals surface area contributed by atoms with Gasteiger partial charge >= 0.3 is 0 Å². The van der Waals surface area contributed by atoms with E-state index in [-0.39, 0.29) is 11.7 Å². The van der Waals surface area contributed by atoms with E-state index in [1.165, 1.54) is 6.21 Å². The third-order valence-electron chi connectivity index (χ3n) is 3.68. The van der Waals surface area contributed by atoms with Gasteiger partial charge in [-0.2, -0.15) is 5.10 Å². The van der Waals surface area contributed by atoms with Crippen LogP contribution in [0.5, 0.6) is 5.75 Å². The predicted molar refractivity (Wildman–Crippen MR) is 108 cm³/mol. The molecule has 2 aromatic carbocycles. The summed E-state index contributed by atoms with van der Waals surface area (Å²) in [5, 5.41) is 14.2. The first-order chi connectivity index (χ1) is 12.1. The Kier molecular flexibility index (Phi) is 5.50. The molecule has 0 saturated carbocycles. The van der Waals surface area contributed by atoms with Gasteiger partial charge in [0.25, 0.3) is 5.91 Å². The van der Waals surface area contributed by atoms with Gasteiger partial charge < -0.3 is 5.11 Å². The molecular formula is C19H14Br2N2O2. The molecule has 0 unspecified atom stereocenters. The van der Waals surface area contributed by atoms with Gasteiger partial charge in [-0.05, 0) is 57.7 Å². The van der Waals surface area contributed by atoms with E-state index < -0.39 is 0 Å². The maximum absolute atomic E-state index is 12.3. The second-order valence-corrected chi connectivity index (χ2v) is 7.14. The fourth-order valence-electron chi connectivity index (χ4n) is 2.46. The monoisotopic (exact) mass is 460 g/mol. The van der Waals surface area contributed by atoms with Crippen LogP contribution in [0.4, 0.5) is 0 Å². The minimum Gasteiger partial charge on any atom is -0.507 e. The van der Waals surface area contributed by atoms with E-state index in [1.807, 2.05) is 36.4 Å². The highest BCUT2D eigenvalue weighted by Crippen LogP contribution is 2.27. The normalized spacial score (nSPS) is 12.9.